The highest BCUT2D eigenvalue weighted by molar-refractivity contribution is 7.16. The number of nitrogens with zero attached hydrogens (tertiary/aromatic N) is 5. The summed E-state index contributed by atoms with van der Waals surface area (Å²) in [6.45, 7) is 5.11. The third kappa shape index (κ3) is 3.81. The first-order valence-corrected chi connectivity index (χ1v) is 9.86. The molecule has 0 saturated heterocycles. The molecule has 1 aromatic carbocycles. The zero-order chi connectivity index (χ0) is 22.4. The number of nitrogens with two attached hydrogens (primary N) is 1. The molecular weight excluding hydrogens is 431 g/mol. The van der Waals surface area contributed by atoms with Crippen molar-refractivity contribution in [3.63, 3.8) is 0 Å². The van der Waals surface area contributed by atoms with E-state index >= 15 is 0 Å². The normalized spacial score (nSPS) is 11.3. The van der Waals surface area contributed by atoms with Crippen molar-refractivity contribution >= 4 is 34.1 Å². The molecular formula is C19H16F3N7OS. The maximum absolute atomic E-state index is 14.1. The Morgan fingerprint density at radius 2 is 1.81 bits per heavy atom. The molecule has 0 aliphatic heterocycles. The van der Waals surface area contributed by atoms with E-state index in [1.54, 1.807) is 20.8 Å². The fraction of sp³-hybridized carbons (Fsp3) is 0.211. The van der Waals surface area contributed by atoms with Crippen molar-refractivity contribution in [3.05, 3.63) is 51.4 Å². The van der Waals surface area contributed by atoms with Crippen LogP contribution in [-0.4, -0.2) is 30.5 Å². The van der Waals surface area contributed by atoms with Gasteiger partial charge in [-0.05, 0) is 20.8 Å². The number of hydrogen-bond acceptors (Lipinski definition) is 7. The van der Waals surface area contributed by atoms with Crippen molar-refractivity contribution in [3.8, 4) is 11.3 Å². The van der Waals surface area contributed by atoms with Gasteiger partial charge >= 0.3 is 0 Å². The fourth-order valence-corrected chi connectivity index (χ4v) is 4.09. The Bertz CT molecular complexity index is 1330. The number of hydrogen-bond donors (Lipinski definition) is 2. The molecule has 0 saturated carbocycles. The number of benzene rings is 1. The van der Waals surface area contributed by atoms with Crippen molar-refractivity contribution in [2.75, 3.05) is 11.1 Å². The number of nitrogen functional groups attached to an aromatic ring is 1. The van der Waals surface area contributed by atoms with Crippen molar-refractivity contribution in [1.29, 1.82) is 0 Å². The summed E-state index contributed by atoms with van der Waals surface area (Å²) in [7, 11) is 0. The van der Waals surface area contributed by atoms with Crippen LogP contribution in [0.3, 0.4) is 0 Å². The van der Waals surface area contributed by atoms with Gasteiger partial charge in [0.05, 0.1) is 17.7 Å². The molecule has 12 heteroatoms. The molecule has 0 aliphatic rings. The molecule has 0 aliphatic carbocycles. The first-order chi connectivity index (χ1) is 14.6. The van der Waals surface area contributed by atoms with Gasteiger partial charge in [0, 0.05) is 34.0 Å². The van der Waals surface area contributed by atoms with Crippen LogP contribution < -0.4 is 11.1 Å². The molecule has 0 fully saturated rings. The number of anilines is 2. The monoisotopic (exact) mass is 447 g/mol. The summed E-state index contributed by atoms with van der Waals surface area (Å²) < 4.78 is 42.9. The Hall–Kier alpha value is -3.54. The smallest absolute Gasteiger partial charge is 0.254 e. The summed E-state index contributed by atoms with van der Waals surface area (Å²) in [4.78, 5) is 25.5. The molecule has 0 radical (unpaired) electrons. The molecule has 1 amide bonds. The summed E-state index contributed by atoms with van der Waals surface area (Å²) in [5.74, 6) is -3.16. The third-order valence-corrected chi connectivity index (χ3v) is 5.58. The van der Waals surface area contributed by atoms with Gasteiger partial charge in [-0.2, -0.15) is 9.50 Å². The lowest BCUT2D eigenvalue weighted by Crippen LogP contribution is -2.17. The SMILES string of the molecule is Cc1nc2nc(N)nn2c(C)c1CC(=O)Nc1nc(-c2c(F)cc(F)cc2F)c(C)s1. The second kappa shape index (κ2) is 7.61. The van der Waals surface area contributed by atoms with Crippen LogP contribution in [0.1, 0.15) is 21.8 Å². The standard InChI is InChI=1S/C19H16F3N7OS/c1-7-11(8(2)29-18(24-7)27-17(23)28-29)6-14(30)25-19-26-16(9(3)31-19)15-12(21)4-10(20)5-13(15)22/h4-5H,6H2,1-3H3,(H2,23,28)(H,25,26,30). The lowest BCUT2D eigenvalue weighted by molar-refractivity contribution is -0.115. The van der Waals surface area contributed by atoms with E-state index in [1.807, 2.05) is 0 Å². The van der Waals surface area contributed by atoms with Crippen LogP contribution in [0.4, 0.5) is 24.3 Å². The quantitative estimate of drug-likeness (QED) is 0.496. The molecule has 4 rings (SSSR count). The van der Waals surface area contributed by atoms with Gasteiger partial charge < -0.3 is 11.1 Å². The van der Waals surface area contributed by atoms with Gasteiger partial charge in [-0.1, -0.05) is 0 Å². The Balaban J connectivity index is 1.60. The number of aromatic nitrogens is 5. The van der Waals surface area contributed by atoms with Crippen molar-refractivity contribution < 1.29 is 18.0 Å². The minimum Gasteiger partial charge on any atom is -0.366 e. The highest BCUT2D eigenvalue weighted by atomic mass is 32.1. The Morgan fingerprint density at radius 1 is 1.13 bits per heavy atom. The molecule has 31 heavy (non-hydrogen) atoms. The maximum Gasteiger partial charge on any atom is 0.254 e. The molecule has 8 nitrogen and oxygen atoms in total. The number of halogens is 3. The van der Waals surface area contributed by atoms with Gasteiger partial charge in [-0.15, -0.1) is 16.4 Å². The van der Waals surface area contributed by atoms with Crippen LogP contribution in [0.2, 0.25) is 0 Å². The predicted molar refractivity (Wildman–Crippen MR) is 109 cm³/mol. The third-order valence-electron chi connectivity index (χ3n) is 4.69. The lowest BCUT2D eigenvalue weighted by atomic mass is 10.1. The number of rotatable bonds is 4. The summed E-state index contributed by atoms with van der Waals surface area (Å²) in [6.07, 6.45) is -0.0341. The highest BCUT2D eigenvalue weighted by Gasteiger charge is 2.21. The van der Waals surface area contributed by atoms with E-state index in [-0.39, 0.29) is 23.2 Å². The molecule has 3 aromatic heterocycles. The zero-order valence-corrected chi connectivity index (χ0v) is 17.4. The van der Waals surface area contributed by atoms with Gasteiger partial charge in [0.15, 0.2) is 5.13 Å². The van der Waals surface area contributed by atoms with Gasteiger partial charge in [0.25, 0.3) is 5.78 Å². The molecule has 3 heterocycles. The fourth-order valence-electron chi connectivity index (χ4n) is 3.25. The van der Waals surface area contributed by atoms with Crippen LogP contribution in [0.15, 0.2) is 12.1 Å². The first-order valence-electron chi connectivity index (χ1n) is 9.04. The minimum absolute atomic E-state index is 0.00355. The molecule has 3 N–H and O–H groups in total. The van der Waals surface area contributed by atoms with Gasteiger partial charge in [0.1, 0.15) is 17.5 Å². The average Bonchev–Trinajstić information content (AvgIpc) is 3.20. The van der Waals surface area contributed by atoms with Gasteiger partial charge in [-0.3, -0.25) is 4.79 Å². The Labute approximate surface area is 178 Å². The second-order valence-corrected chi connectivity index (χ2v) is 8.04. The minimum atomic E-state index is -1.07. The highest BCUT2D eigenvalue weighted by Crippen LogP contribution is 2.34. The van der Waals surface area contributed by atoms with E-state index in [2.05, 4.69) is 25.4 Å². The van der Waals surface area contributed by atoms with Crippen LogP contribution in [0.5, 0.6) is 0 Å². The van der Waals surface area contributed by atoms with E-state index in [0.29, 0.717) is 39.7 Å². The first kappa shape index (κ1) is 20.7. The molecule has 0 atom stereocenters. The lowest BCUT2D eigenvalue weighted by Gasteiger charge is -2.09. The summed E-state index contributed by atoms with van der Waals surface area (Å²) in [6, 6.07) is 1.17. The number of carbonyl (C=O) groups excluding carboxylic acids is 1. The number of thiazole rings is 1. The summed E-state index contributed by atoms with van der Waals surface area (Å²) >= 11 is 1.05. The van der Waals surface area contributed by atoms with E-state index in [1.165, 1.54) is 4.52 Å². The van der Waals surface area contributed by atoms with Crippen molar-refractivity contribution in [1.82, 2.24) is 24.6 Å². The van der Waals surface area contributed by atoms with E-state index in [4.69, 9.17) is 5.73 Å². The number of amides is 1. The van der Waals surface area contributed by atoms with Crippen LogP contribution in [0.25, 0.3) is 17.0 Å². The van der Waals surface area contributed by atoms with Gasteiger partial charge in [-0.25, -0.2) is 23.1 Å². The van der Waals surface area contributed by atoms with E-state index in [9.17, 15) is 18.0 Å². The number of fused-ring (bicyclic) bond motifs is 1. The average molecular weight is 447 g/mol. The maximum atomic E-state index is 14.1. The molecule has 0 spiro atoms. The van der Waals surface area contributed by atoms with Crippen molar-refractivity contribution in [2.45, 2.75) is 27.2 Å². The molecule has 4 aromatic rings. The van der Waals surface area contributed by atoms with Crippen molar-refractivity contribution in [2.24, 2.45) is 0 Å². The molecule has 0 unspecified atom stereocenters. The molecule has 160 valence electrons. The van der Waals surface area contributed by atoms with Crippen LogP contribution >= 0.6 is 11.3 Å². The zero-order valence-electron chi connectivity index (χ0n) is 16.6. The largest absolute Gasteiger partial charge is 0.366 e. The van der Waals surface area contributed by atoms with Crippen LogP contribution in [0, 0.1) is 38.2 Å². The number of carbonyl (C=O) groups is 1. The van der Waals surface area contributed by atoms with E-state index < -0.39 is 28.9 Å². The Morgan fingerprint density at radius 3 is 2.48 bits per heavy atom. The number of nitrogens with one attached hydrogen (secondary N) is 1. The predicted octanol–water partition coefficient (Wildman–Crippen LogP) is 3.35. The summed E-state index contributed by atoms with van der Waals surface area (Å²) in [5, 5.41) is 6.85. The Kier molecular flexibility index (Phi) is 5.09. The summed E-state index contributed by atoms with van der Waals surface area (Å²) in [5.41, 5.74) is 7.07. The second-order valence-electron chi connectivity index (χ2n) is 6.84. The van der Waals surface area contributed by atoms with E-state index in [0.717, 1.165) is 11.3 Å². The molecule has 0 bridgehead atoms. The topological polar surface area (TPSA) is 111 Å². The van der Waals surface area contributed by atoms with Gasteiger partial charge in [0.2, 0.25) is 11.9 Å². The number of aryl methyl sites for hydroxylation is 3. The van der Waals surface area contributed by atoms with Crippen LogP contribution in [-0.2, 0) is 11.2 Å².